The molecule has 1 aliphatic rings. The van der Waals surface area contributed by atoms with Gasteiger partial charge < -0.3 is 14.4 Å². The highest BCUT2D eigenvalue weighted by molar-refractivity contribution is 5.70. The minimum absolute atomic E-state index is 0.234. The maximum Gasteiger partial charge on any atom is 0.410 e. The Morgan fingerprint density at radius 2 is 1.76 bits per heavy atom. The predicted octanol–water partition coefficient (Wildman–Crippen LogP) is 3.51. The second kappa shape index (κ2) is 8.25. The van der Waals surface area contributed by atoms with Crippen molar-refractivity contribution < 1.29 is 19.1 Å². The topological polar surface area (TPSA) is 55.8 Å². The number of methoxy groups -OCH3 is 1. The predicted molar refractivity (Wildman–Crippen MR) is 81.1 cm³/mol. The van der Waals surface area contributed by atoms with Crippen LogP contribution in [0.3, 0.4) is 0 Å². The summed E-state index contributed by atoms with van der Waals surface area (Å²) < 4.78 is 10.2. The molecule has 0 saturated heterocycles. The third-order valence-electron chi connectivity index (χ3n) is 3.65. The van der Waals surface area contributed by atoms with Gasteiger partial charge in [-0.2, -0.15) is 0 Å². The number of carbonyl (C=O) groups excluding carboxylic acids is 2. The van der Waals surface area contributed by atoms with Crippen LogP contribution < -0.4 is 0 Å². The lowest BCUT2D eigenvalue weighted by Gasteiger charge is -2.35. The summed E-state index contributed by atoms with van der Waals surface area (Å²) in [4.78, 5) is 25.4. The molecular formula is C16H29NO4. The number of carbonyl (C=O) groups is 2. The fourth-order valence-corrected chi connectivity index (χ4v) is 2.63. The quantitative estimate of drug-likeness (QED) is 0.729. The number of ether oxygens (including phenoxy) is 2. The fraction of sp³-hybridized carbons (Fsp3) is 0.875. The number of rotatable bonds is 5. The molecule has 0 aliphatic heterocycles. The minimum Gasteiger partial charge on any atom is -0.469 e. The zero-order valence-electron chi connectivity index (χ0n) is 13.8. The molecule has 0 atom stereocenters. The highest BCUT2D eigenvalue weighted by Crippen LogP contribution is 2.24. The van der Waals surface area contributed by atoms with Crippen molar-refractivity contribution in [2.45, 2.75) is 77.4 Å². The van der Waals surface area contributed by atoms with Crippen LogP contribution in [-0.2, 0) is 14.3 Å². The SMILES string of the molecule is COC(=O)CCCN(C(=O)OC(C)(C)C)C1CCCCC1. The molecule has 0 radical (unpaired) electrons. The first-order chi connectivity index (χ1) is 9.83. The Labute approximate surface area is 128 Å². The molecule has 5 nitrogen and oxygen atoms in total. The van der Waals surface area contributed by atoms with Gasteiger partial charge in [0.15, 0.2) is 0 Å². The van der Waals surface area contributed by atoms with Crippen LogP contribution in [0.4, 0.5) is 4.79 Å². The summed E-state index contributed by atoms with van der Waals surface area (Å²) in [6, 6.07) is 0.242. The number of esters is 1. The normalized spacial score (nSPS) is 16.4. The first-order valence-electron chi connectivity index (χ1n) is 7.90. The van der Waals surface area contributed by atoms with Gasteiger partial charge in [-0.1, -0.05) is 19.3 Å². The lowest BCUT2D eigenvalue weighted by atomic mass is 9.94. The van der Waals surface area contributed by atoms with E-state index in [-0.39, 0.29) is 18.1 Å². The van der Waals surface area contributed by atoms with Gasteiger partial charge in [-0.25, -0.2) is 4.79 Å². The summed E-state index contributed by atoms with van der Waals surface area (Å²) in [7, 11) is 1.38. The van der Waals surface area contributed by atoms with E-state index in [4.69, 9.17) is 4.74 Å². The van der Waals surface area contributed by atoms with E-state index in [1.807, 2.05) is 25.7 Å². The maximum absolute atomic E-state index is 12.4. The third-order valence-corrected chi connectivity index (χ3v) is 3.65. The zero-order valence-corrected chi connectivity index (χ0v) is 13.8. The minimum atomic E-state index is -0.494. The van der Waals surface area contributed by atoms with Crippen molar-refractivity contribution in [3.63, 3.8) is 0 Å². The van der Waals surface area contributed by atoms with E-state index in [2.05, 4.69) is 4.74 Å². The molecule has 0 bridgehead atoms. The van der Waals surface area contributed by atoms with E-state index in [9.17, 15) is 9.59 Å². The number of hydrogen-bond donors (Lipinski definition) is 0. The van der Waals surface area contributed by atoms with E-state index >= 15 is 0 Å². The first kappa shape index (κ1) is 17.8. The van der Waals surface area contributed by atoms with Crippen LogP contribution in [0.2, 0.25) is 0 Å². The van der Waals surface area contributed by atoms with Gasteiger partial charge in [-0.05, 0) is 40.0 Å². The van der Waals surface area contributed by atoms with Gasteiger partial charge in [-0.15, -0.1) is 0 Å². The molecular weight excluding hydrogens is 270 g/mol. The highest BCUT2D eigenvalue weighted by atomic mass is 16.6. The van der Waals surface area contributed by atoms with Gasteiger partial charge >= 0.3 is 12.1 Å². The molecule has 1 saturated carbocycles. The van der Waals surface area contributed by atoms with E-state index in [1.54, 1.807) is 0 Å². The van der Waals surface area contributed by atoms with Crippen LogP contribution >= 0.6 is 0 Å². The van der Waals surface area contributed by atoms with Crippen molar-refractivity contribution in [3.8, 4) is 0 Å². The molecule has 0 unspecified atom stereocenters. The Morgan fingerprint density at radius 1 is 1.14 bits per heavy atom. The van der Waals surface area contributed by atoms with Crippen LogP contribution in [0.25, 0.3) is 0 Å². The van der Waals surface area contributed by atoms with Gasteiger partial charge in [0.25, 0.3) is 0 Å². The highest BCUT2D eigenvalue weighted by Gasteiger charge is 2.29. The Kier molecular flexibility index (Phi) is 6.99. The summed E-state index contributed by atoms with van der Waals surface area (Å²) in [6.07, 6.45) is 6.28. The second-order valence-corrected chi connectivity index (χ2v) is 6.65. The van der Waals surface area contributed by atoms with Crippen LogP contribution in [0.5, 0.6) is 0 Å². The number of nitrogens with zero attached hydrogens (tertiary/aromatic N) is 1. The van der Waals surface area contributed by atoms with Crippen LogP contribution in [-0.4, -0.2) is 42.3 Å². The lowest BCUT2D eigenvalue weighted by molar-refractivity contribution is -0.140. The fourth-order valence-electron chi connectivity index (χ4n) is 2.63. The van der Waals surface area contributed by atoms with E-state index in [0.717, 1.165) is 25.7 Å². The molecule has 0 aromatic rings. The molecule has 0 aromatic heterocycles. The van der Waals surface area contributed by atoms with E-state index < -0.39 is 5.60 Å². The summed E-state index contributed by atoms with van der Waals surface area (Å²) in [5, 5.41) is 0. The Morgan fingerprint density at radius 3 is 2.29 bits per heavy atom. The molecule has 0 N–H and O–H groups in total. The second-order valence-electron chi connectivity index (χ2n) is 6.65. The van der Waals surface area contributed by atoms with Crippen molar-refractivity contribution >= 4 is 12.1 Å². The molecule has 21 heavy (non-hydrogen) atoms. The van der Waals surface area contributed by atoms with Gasteiger partial charge in [0.1, 0.15) is 5.60 Å². The summed E-state index contributed by atoms with van der Waals surface area (Å²) >= 11 is 0. The van der Waals surface area contributed by atoms with Crippen LogP contribution in [0, 0.1) is 0 Å². The van der Waals surface area contributed by atoms with E-state index in [0.29, 0.717) is 19.4 Å². The van der Waals surface area contributed by atoms with Crippen LogP contribution in [0.1, 0.15) is 65.7 Å². The Bertz CT molecular complexity index is 343. The molecule has 1 fully saturated rings. The molecule has 0 heterocycles. The van der Waals surface area contributed by atoms with Crippen molar-refractivity contribution in [2.24, 2.45) is 0 Å². The first-order valence-corrected chi connectivity index (χ1v) is 7.90. The largest absolute Gasteiger partial charge is 0.469 e. The van der Waals surface area contributed by atoms with Gasteiger partial charge in [0.2, 0.25) is 0 Å². The van der Waals surface area contributed by atoms with Gasteiger partial charge in [0, 0.05) is 19.0 Å². The van der Waals surface area contributed by atoms with Crippen molar-refractivity contribution in [1.82, 2.24) is 4.90 Å². The van der Waals surface area contributed by atoms with Crippen molar-refractivity contribution in [3.05, 3.63) is 0 Å². The average Bonchev–Trinajstić information content (AvgIpc) is 2.42. The smallest absolute Gasteiger partial charge is 0.410 e. The van der Waals surface area contributed by atoms with E-state index in [1.165, 1.54) is 13.5 Å². The monoisotopic (exact) mass is 299 g/mol. The summed E-state index contributed by atoms with van der Waals surface area (Å²) in [5.74, 6) is -0.234. The number of amides is 1. The van der Waals surface area contributed by atoms with Crippen molar-refractivity contribution in [2.75, 3.05) is 13.7 Å². The molecule has 1 rings (SSSR count). The summed E-state index contributed by atoms with van der Waals surface area (Å²) in [6.45, 7) is 6.17. The molecule has 0 spiro atoms. The zero-order chi connectivity index (χ0) is 15.9. The lowest BCUT2D eigenvalue weighted by Crippen LogP contribution is -2.44. The van der Waals surface area contributed by atoms with Gasteiger partial charge in [0.05, 0.1) is 7.11 Å². The maximum atomic E-state index is 12.4. The Hall–Kier alpha value is -1.26. The standard InChI is InChI=1S/C16H29NO4/c1-16(2,3)21-15(19)17(12-8-11-14(18)20-4)13-9-6-5-7-10-13/h13H,5-12H2,1-4H3. The van der Waals surface area contributed by atoms with Crippen LogP contribution in [0.15, 0.2) is 0 Å². The molecule has 1 amide bonds. The Balaban J connectivity index is 2.60. The molecule has 5 heteroatoms. The molecule has 1 aliphatic carbocycles. The van der Waals surface area contributed by atoms with Gasteiger partial charge in [-0.3, -0.25) is 4.79 Å². The van der Waals surface area contributed by atoms with Crippen molar-refractivity contribution in [1.29, 1.82) is 0 Å². The average molecular weight is 299 g/mol. The molecule has 122 valence electrons. The number of hydrogen-bond acceptors (Lipinski definition) is 4. The summed E-state index contributed by atoms with van der Waals surface area (Å²) in [5.41, 5.74) is -0.494. The third kappa shape index (κ3) is 6.82. The molecule has 0 aromatic carbocycles.